The number of hydrogen-bond acceptors (Lipinski definition) is 3. The summed E-state index contributed by atoms with van der Waals surface area (Å²) in [4.78, 5) is 13.9. The lowest BCUT2D eigenvalue weighted by molar-refractivity contribution is 0.182. The summed E-state index contributed by atoms with van der Waals surface area (Å²) in [6, 6.07) is 4.96. The second-order valence-electron chi connectivity index (χ2n) is 5.02. The van der Waals surface area contributed by atoms with Gasteiger partial charge in [0.15, 0.2) is 0 Å². The summed E-state index contributed by atoms with van der Waals surface area (Å²) < 4.78 is 0. The van der Waals surface area contributed by atoms with Gasteiger partial charge in [0.25, 0.3) is 0 Å². The van der Waals surface area contributed by atoms with Crippen molar-refractivity contribution in [2.75, 3.05) is 31.6 Å². The van der Waals surface area contributed by atoms with Crippen LogP contribution in [0.2, 0.25) is 10.0 Å². The Balaban J connectivity index is 1.98. The second kappa shape index (κ2) is 7.84. The van der Waals surface area contributed by atoms with Crippen LogP contribution >= 0.6 is 23.2 Å². The molecule has 1 heterocycles. The number of carbonyl (C=O) groups excluding carboxylic acids is 1. The maximum Gasteiger partial charge on any atom is 0.321 e. The summed E-state index contributed by atoms with van der Waals surface area (Å²) in [6.45, 7) is 1.78. The van der Waals surface area contributed by atoms with Gasteiger partial charge in [0.2, 0.25) is 0 Å². The summed E-state index contributed by atoms with van der Waals surface area (Å²) in [6.07, 6.45) is 2.16. The minimum atomic E-state index is -0.254. The number of rotatable bonds is 5. The van der Waals surface area contributed by atoms with E-state index < -0.39 is 0 Å². The predicted molar refractivity (Wildman–Crippen MR) is 85.2 cm³/mol. The van der Waals surface area contributed by atoms with E-state index in [0.717, 1.165) is 19.4 Å². The van der Waals surface area contributed by atoms with Gasteiger partial charge < -0.3 is 20.6 Å². The molecule has 1 unspecified atom stereocenters. The van der Waals surface area contributed by atoms with Crippen LogP contribution < -0.4 is 10.6 Å². The van der Waals surface area contributed by atoms with Crippen molar-refractivity contribution in [1.29, 1.82) is 0 Å². The third-order valence-corrected chi connectivity index (χ3v) is 4.17. The normalized spacial score (nSPS) is 17.8. The minimum Gasteiger partial charge on any atom is -0.395 e. The van der Waals surface area contributed by atoms with Crippen LogP contribution in [-0.2, 0) is 0 Å². The van der Waals surface area contributed by atoms with Crippen LogP contribution in [-0.4, -0.2) is 48.3 Å². The summed E-state index contributed by atoms with van der Waals surface area (Å²) in [5, 5.41) is 16.1. The van der Waals surface area contributed by atoms with Crippen LogP contribution in [0.4, 0.5) is 10.5 Å². The van der Waals surface area contributed by atoms with Gasteiger partial charge in [-0.25, -0.2) is 4.79 Å². The highest BCUT2D eigenvalue weighted by molar-refractivity contribution is 6.42. The molecule has 1 aliphatic heterocycles. The van der Waals surface area contributed by atoms with Gasteiger partial charge in [-0.15, -0.1) is 0 Å². The largest absolute Gasteiger partial charge is 0.395 e. The van der Waals surface area contributed by atoms with Crippen LogP contribution in [0.25, 0.3) is 0 Å². The van der Waals surface area contributed by atoms with Crippen LogP contribution in [0, 0.1) is 0 Å². The van der Waals surface area contributed by atoms with Gasteiger partial charge in [-0.3, -0.25) is 0 Å². The van der Waals surface area contributed by atoms with Gasteiger partial charge in [-0.1, -0.05) is 23.2 Å². The number of carbonyl (C=O) groups is 1. The lowest BCUT2D eigenvalue weighted by Gasteiger charge is -2.25. The first-order chi connectivity index (χ1) is 10.1. The van der Waals surface area contributed by atoms with E-state index >= 15 is 0 Å². The van der Waals surface area contributed by atoms with E-state index in [-0.39, 0.29) is 18.7 Å². The summed E-state index contributed by atoms with van der Waals surface area (Å²) >= 11 is 11.8. The Morgan fingerprint density at radius 1 is 1.43 bits per heavy atom. The number of halogens is 2. The second-order valence-corrected chi connectivity index (χ2v) is 5.84. The van der Waals surface area contributed by atoms with Gasteiger partial charge in [0.05, 0.1) is 16.7 Å². The Hall–Kier alpha value is -1.01. The number of nitrogens with one attached hydrogen (secondary N) is 2. The van der Waals surface area contributed by atoms with E-state index in [1.165, 1.54) is 0 Å². The van der Waals surface area contributed by atoms with Gasteiger partial charge in [-0.05, 0) is 37.6 Å². The average molecular weight is 332 g/mol. The number of urea groups is 1. The molecule has 5 nitrogen and oxygen atoms in total. The molecule has 1 saturated heterocycles. The SMILES string of the molecule is O=C(Nc1ccc(Cl)c(Cl)c1)N(CCO)CC1CCCN1. The van der Waals surface area contributed by atoms with E-state index in [9.17, 15) is 4.79 Å². The number of anilines is 1. The molecule has 21 heavy (non-hydrogen) atoms. The first kappa shape index (κ1) is 16.4. The van der Waals surface area contributed by atoms with Gasteiger partial charge in [-0.2, -0.15) is 0 Å². The molecule has 2 rings (SSSR count). The maximum absolute atomic E-state index is 12.3. The number of benzene rings is 1. The lowest BCUT2D eigenvalue weighted by Crippen LogP contribution is -2.44. The van der Waals surface area contributed by atoms with Crippen molar-refractivity contribution < 1.29 is 9.90 Å². The van der Waals surface area contributed by atoms with E-state index in [2.05, 4.69) is 10.6 Å². The van der Waals surface area contributed by atoms with Gasteiger partial charge >= 0.3 is 6.03 Å². The van der Waals surface area contributed by atoms with E-state index in [4.69, 9.17) is 28.3 Å². The van der Waals surface area contributed by atoms with Crippen molar-refractivity contribution in [2.45, 2.75) is 18.9 Å². The molecule has 0 bridgehead atoms. The van der Waals surface area contributed by atoms with E-state index in [1.807, 2.05) is 0 Å². The molecule has 0 saturated carbocycles. The number of amides is 2. The van der Waals surface area contributed by atoms with Gasteiger partial charge in [0.1, 0.15) is 0 Å². The Bertz CT molecular complexity index is 493. The molecule has 1 aromatic carbocycles. The monoisotopic (exact) mass is 331 g/mol. The van der Waals surface area contributed by atoms with Crippen LogP contribution in [0.15, 0.2) is 18.2 Å². The van der Waals surface area contributed by atoms with Crippen LogP contribution in [0.3, 0.4) is 0 Å². The molecular formula is C14H19Cl2N3O2. The van der Waals surface area contributed by atoms with Crippen LogP contribution in [0.1, 0.15) is 12.8 Å². The molecule has 1 aliphatic rings. The fraction of sp³-hybridized carbons (Fsp3) is 0.500. The average Bonchev–Trinajstić information content (AvgIpc) is 2.95. The highest BCUT2D eigenvalue weighted by atomic mass is 35.5. The molecule has 1 atom stereocenters. The maximum atomic E-state index is 12.3. The Morgan fingerprint density at radius 2 is 2.24 bits per heavy atom. The van der Waals surface area contributed by atoms with Crippen molar-refractivity contribution in [2.24, 2.45) is 0 Å². The van der Waals surface area contributed by atoms with Crippen molar-refractivity contribution in [3.8, 4) is 0 Å². The fourth-order valence-corrected chi connectivity index (χ4v) is 2.65. The lowest BCUT2D eigenvalue weighted by atomic mass is 10.2. The summed E-state index contributed by atoms with van der Waals surface area (Å²) in [7, 11) is 0. The molecule has 2 amide bonds. The first-order valence-electron chi connectivity index (χ1n) is 6.95. The zero-order chi connectivity index (χ0) is 15.2. The molecule has 0 aliphatic carbocycles. The molecule has 116 valence electrons. The summed E-state index contributed by atoms with van der Waals surface area (Å²) in [5.74, 6) is 0. The molecule has 1 aromatic rings. The fourth-order valence-electron chi connectivity index (χ4n) is 2.35. The highest BCUT2D eigenvalue weighted by Gasteiger charge is 2.21. The Kier molecular flexibility index (Phi) is 6.11. The zero-order valence-corrected chi connectivity index (χ0v) is 13.1. The third kappa shape index (κ3) is 4.74. The number of aliphatic hydroxyl groups excluding tert-OH is 1. The molecule has 1 fully saturated rings. The zero-order valence-electron chi connectivity index (χ0n) is 11.6. The Morgan fingerprint density at radius 3 is 2.86 bits per heavy atom. The first-order valence-corrected chi connectivity index (χ1v) is 7.71. The molecule has 7 heteroatoms. The van der Waals surface area contributed by atoms with Crippen molar-refractivity contribution >= 4 is 34.9 Å². The predicted octanol–water partition coefficient (Wildman–Crippen LogP) is 2.57. The highest BCUT2D eigenvalue weighted by Crippen LogP contribution is 2.25. The number of nitrogens with zero attached hydrogens (tertiary/aromatic N) is 1. The topological polar surface area (TPSA) is 64.6 Å². The number of aliphatic hydroxyl groups is 1. The standard InChI is InChI=1S/C14H19Cl2N3O2/c15-12-4-3-10(8-13(12)16)18-14(21)19(6-7-20)9-11-2-1-5-17-11/h3-4,8,11,17,20H,1-2,5-7,9H2,(H,18,21). The molecular weight excluding hydrogens is 313 g/mol. The summed E-state index contributed by atoms with van der Waals surface area (Å²) in [5.41, 5.74) is 0.580. The smallest absolute Gasteiger partial charge is 0.321 e. The third-order valence-electron chi connectivity index (χ3n) is 3.43. The van der Waals surface area contributed by atoms with Crippen molar-refractivity contribution in [3.05, 3.63) is 28.2 Å². The Labute approximate surface area is 134 Å². The molecule has 0 spiro atoms. The molecule has 3 N–H and O–H groups in total. The van der Waals surface area contributed by atoms with E-state index in [1.54, 1.807) is 23.1 Å². The van der Waals surface area contributed by atoms with Crippen molar-refractivity contribution in [3.63, 3.8) is 0 Å². The van der Waals surface area contributed by atoms with Crippen LogP contribution in [0.5, 0.6) is 0 Å². The quantitative estimate of drug-likeness (QED) is 0.776. The number of hydrogen-bond donors (Lipinski definition) is 3. The molecule has 0 radical (unpaired) electrons. The van der Waals surface area contributed by atoms with Crippen molar-refractivity contribution in [1.82, 2.24) is 10.2 Å². The minimum absolute atomic E-state index is 0.0679. The van der Waals surface area contributed by atoms with E-state index in [0.29, 0.717) is 28.8 Å². The van der Waals surface area contributed by atoms with Gasteiger partial charge in [0, 0.05) is 24.8 Å². The molecule has 0 aromatic heterocycles.